The molecule has 0 radical (unpaired) electrons. The van der Waals surface area contributed by atoms with Crippen molar-refractivity contribution in [1.29, 1.82) is 0 Å². The molecule has 1 aromatic heterocycles. The maximum Gasteiger partial charge on any atom is 0.295 e. The zero-order valence-electron chi connectivity index (χ0n) is 17.6. The molecule has 0 unspecified atom stereocenters. The van der Waals surface area contributed by atoms with E-state index in [9.17, 15) is 14.7 Å². The summed E-state index contributed by atoms with van der Waals surface area (Å²) in [4.78, 5) is 29.4. The lowest BCUT2D eigenvalue weighted by Gasteiger charge is -2.26. The third-order valence-electron chi connectivity index (χ3n) is 5.34. The van der Waals surface area contributed by atoms with Crippen LogP contribution in [0.5, 0.6) is 5.75 Å². The number of likely N-dealkylation sites (tertiary alicyclic amines) is 1. The number of carbonyl (C=O) groups excluding carboxylic acids is 2. The molecule has 0 spiro atoms. The van der Waals surface area contributed by atoms with Gasteiger partial charge in [-0.15, -0.1) is 0 Å². The SMILES string of the molecule is CCOc1ccc(/C(O)=C2\C(=O)C(=O)N(CCN(CC)CC)[C@@H]2c2ccco2)cc1. The monoisotopic (exact) mass is 412 g/mol. The number of ketones is 1. The second-order valence-electron chi connectivity index (χ2n) is 6.99. The number of carbonyl (C=O) groups is 2. The van der Waals surface area contributed by atoms with Crippen LogP contribution in [-0.2, 0) is 9.59 Å². The smallest absolute Gasteiger partial charge is 0.295 e. The van der Waals surface area contributed by atoms with Crippen LogP contribution in [0.1, 0.15) is 38.1 Å². The molecule has 0 saturated carbocycles. The lowest BCUT2D eigenvalue weighted by Crippen LogP contribution is -2.37. The molecule has 2 aromatic rings. The second kappa shape index (κ2) is 9.63. The second-order valence-corrected chi connectivity index (χ2v) is 6.99. The molecule has 7 heteroatoms. The lowest BCUT2D eigenvalue weighted by molar-refractivity contribution is -0.140. The van der Waals surface area contributed by atoms with E-state index >= 15 is 0 Å². The van der Waals surface area contributed by atoms with Crippen molar-refractivity contribution >= 4 is 17.4 Å². The highest BCUT2D eigenvalue weighted by Gasteiger charge is 2.47. The van der Waals surface area contributed by atoms with Gasteiger partial charge in [-0.3, -0.25) is 9.59 Å². The van der Waals surface area contributed by atoms with Gasteiger partial charge in [-0.1, -0.05) is 13.8 Å². The number of hydrogen-bond donors (Lipinski definition) is 1. The summed E-state index contributed by atoms with van der Waals surface area (Å²) in [6.07, 6.45) is 1.50. The van der Waals surface area contributed by atoms with Gasteiger partial charge in [-0.05, 0) is 56.4 Å². The summed E-state index contributed by atoms with van der Waals surface area (Å²) in [6, 6.07) is 9.44. The number of nitrogens with zero attached hydrogens (tertiary/aromatic N) is 2. The Bertz CT molecular complexity index is 898. The number of rotatable bonds is 9. The molecule has 30 heavy (non-hydrogen) atoms. The molecular weight excluding hydrogens is 384 g/mol. The summed E-state index contributed by atoms with van der Waals surface area (Å²) in [5.41, 5.74) is 0.482. The van der Waals surface area contributed by atoms with E-state index in [1.54, 1.807) is 36.4 Å². The average Bonchev–Trinajstić information content (AvgIpc) is 3.37. The standard InChI is InChI=1S/C23H28N2O5/c1-4-24(5-2)13-14-25-20(18-8-7-15-30-18)19(22(27)23(25)28)21(26)16-9-11-17(12-10-16)29-6-3/h7-12,15,20,26H,4-6,13-14H2,1-3H3/b21-19+/t20-/m1/s1. The van der Waals surface area contributed by atoms with Crippen molar-refractivity contribution in [3.8, 4) is 5.75 Å². The van der Waals surface area contributed by atoms with E-state index < -0.39 is 17.7 Å². The van der Waals surface area contributed by atoms with Gasteiger partial charge in [-0.25, -0.2) is 0 Å². The van der Waals surface area contributed by atoms with Crippen LogP contribution in [0.25, 0.3) is 5.76 Å². The molecule has 7 nitrogen and oxygen atoms in total. The minimum absolute atomic E-state index is 0.0404. The van der Waals surface area contributed by atoms with Crippen molar-refractivity contribution < 1.29 is 23.8 Å². The van der Waals surface area contributed by atoms with E-state index in [-0.39, 0.29) is 11.3 Å². The number of hydrogen-bond acceptors (Lipinski definition) is 6. The van der Waals surface area contributed by atoms with E-state index in [4.69, 9.17) is 9.15 Å². The van der Waals surface area contributed by atoms with Crippen LogP contribution < -0.4 is 4.74 Å². The van der Waals surface area contributed by atoms with Crippen LogP contribution in [0.15, 0.2) is 52.7 Å². The minimum Gasteiger partial charge on any atom is -0.507 e. The van der Waals surface area contributed by atoms with Crippen molar-refractivity contribution in [2.45, 2.75) is 26.8 Å². The quantitative estimate of drug-likeness (QED) is 0.386. The molecule has 1 aromatic carbocycles. The molecule has 3 rings (SSSR count). The molecule has 1 amide bonds. The number of ether oxygens (including phenoxy) is 1. The first-order valence-corrected chi connectivity index (χ1v) is 10.3. The molecule has 1 N–H and O–H groups in total. The van der Waals surface area contributed by atoms with E-state index in [0.717, 1.165) is 13.1 Å². The topological polar surface area (TPSA) is 83.2 Å². The zero-order valence-corrected chi connectivity index (χ0v) is 17.6. The van der Waals surface area contributed by atoms with Gasteiger partial charge in [0.1, 0.15) is 23.3 Å². The van der Waals surface area contributed by atoms with Crippen molar-refractivity contribution in [3.05, 3.63) is 59.6 Å². The van der Waals surface area contributed by atoms with E-state index in [2.05, 4.69) is 4.90 Å². The number of benzene rings is 1. The average molecular weight is 412 g/mol. The Balaban J connectivity index is 1.99. The van der Waals surface area contributed by atoms with Gasteiger partial charge in [0.2, 0.25) is 0 Å². The first-order chi connectivity index (χ1) is 14.5. The molecule has 1 fully saturated rings. The molecule has 1 aliphatic rings. The fraction of sp³-hybridized carbons (Fsp3) is 0.391. The third kappa shape index (κ3) is 4.26. The van der Waals surface area contributed by atoms with Gasteiger partial charge >= 0.3 is 0 Å². The van der Waals surface area contributed by atoms with E-state index in [1.807, 2.05) is 20.8 Å². The summed E-state index contributed by atoms with van der Waals surface area (Å²) in [5, 5.41) is 11.0. The predicted octanol–water partition coefficient (Wildman–Crippen LogP) is 3.44. The number of aliphatic hydroxyl groups excluding tert-OH is 1. The summed E-state index contributed by atoms with van der Waals surface area (Å²) in [5.74, 6) is -0.445. The Kier molecular flexibility index (Phi) is 6.95. The Labute approximate surface area is 176 Å². The summed E-state index contributed by atoms with van der Waals surface area (Å²) in [7, 11) is 0. The van der Waals surface area contributed by atoms with E-state index in [1.165, 1.54) is 11.2 Å². The number of Topliss-reactive ketones (excluding diaryl/α,β-unsaturated/α-hetero) is 1. The molecule has 1 saturated heterocycles. The Morgan fingerprint density at radius 3 is 2.40 bits per heavy atom. The molecule has 2 heterocycles. The first-order valence-electron chi connectivity index (χ1n) is 10.3. The number of aliphatic hydroxyl groups is 1. The summed E-state index contributed by atoms with van der Waals surface area (Å²) >= 11 is 0. The fourth-order valence-electron chi connectivity index (χ4n) is 3.67. The molecular formula is C23H28N2O5. The van der Waals surface area contributed by atoms with Crippen LogP contribution in [0.2, 0.25) is 0 Å². The number of furan rings is 1. The van der Waals surface area contributed by atoms with Crippen molar-refractivity contribution in [3.63, 3.8) is 0 Å². The van der Waals surface area contributed by atoms with Gasteiger partial charge < -0.3 is 24.1 Å². The highest BCUT2D eigenvalue weighted by atomic mass is 16.5. The Morgan fingerprint density at radius 2 is 1.83 bits per heavy atom. The van der Waals surface area contributed by atoms with Gasteiger partial charge in [-0.2, -0.15) is 0 Å². The molecule has 0 aliphatic carbocycles. The number of likely N-dealkylation sites (N-methyl/N-ethyl adjacent to an activating group) is 1. The lowest BCUT2D eigenvalue weighted by atomic mass is 9.99. The highest BCUT2D eigenvalue weighted by molar-refractivity contribution is 6.46. The number of amides is 1. The molecule has 160 valence electrons. The summed E-state index contributed by atoms with van der Waals surface area (Å²) in [6.45, 7) is 9.19. The Hall–Kier alpha value is -3.06. The maximum absolute atomic E-state index is 12.9. The molecule has 1 atom stereocenters. The largest absolute Gasteiger partial charge is 0.507 e. The van der Waals surface area contributed by atoms with Gasteiger partial charge in [0.25, 0.3) is 11.7 Å². The van der Waals surface area contributed by atoms with Crippen LogP contribution in [0.3, 0.4) is 0 Å². The van der Waals surface area contributed by atoms with Crippen molar-refractivity contribution in [2.24, 2.45) is 0 Å². The fourth-order valence-corrected chi connectivity index (χ4v) is 3.67. The van der Waals surface area contributed by atoms with Gasteiger partial charge in [0.15, 0.2) is 0 Å². The normalized spacial score (nSPS) is 18.4. The molecule has 1 aliphatic heterocycles. The van der Waals surface area contributed by atoms with Crippen LogP contribution in [0, 0.1) is 0 Å². The van der Waals surface area contributed by atoms with Crippen LogP contribution in [-0.4, -0.2) is 59.4 Å². The van der Waals surface area contributed by atoms with E-state index in [0.29, 0.717) is 36.8 Å². The first kappa shape index (κ1) is 21.6. The van der Waals surface area contributed by atoms with Crippen molar-refractivity contribution in [1.82, 2.24) is 9.80 Å². The zero-order chi connectivity index (χ0) is 21.7. The predicted molar refractivity (Wildman–Crippen MR) is 113 cm³/mol. The van der Waals surface area contributed by atoms with Crippen molar-refractivity contribution in [2.75, 3.05) is 32.8 Å². The van der Waals surface area contributed by atoms with Gasteiger partial charge in [0, 0.05) is 18.7 Å². The Morgan fingerprint density at radius 1 is 1.13 bits per heavy atom. The minimum atomic E-state index is -0.762. The van der Waals surface area contributed by atoms with Crippen LogP contribution >= 0.6 is 0 Å². The van der Waals surface area contributed by atoms with Gasteiger partial charge in [0.05, 0.1) is 18.4 Å². The third-order valence-corrected chi connectivity index (χ3v) is 5.34. The highest BCUT2D eigenvalue weighted by Crippen LogP contribution is 2.39. The summed E-state index contributed by atoms with van der Waals surface area (Å²) < 4.78 is 11.0. The van der Waals surface area contributed by atoms with Crippen LogP contribution in [0.4, 0.5) is 0 Å². The maximum atomic E-state index is 12.9. The molecule has 0 bridgehead atoms.